The molecular formula is C20H25N3O4S. The van der Waals surface area contributed by atoms with Crippen LogP contribution in [-0.4, -0.2) is 74.6 Å². The van der Waals surface area contributed by atoms with Gasteiger partial charge in [0.1, 0.15) is 11.5 Å². The lowest BCUT2D eigenvalue weighted by Crippen LogP contribution is -2.50. The van der Waals surface area contributed by atoms with Gasteiger partial charge in [0.2, 0.25) is 0 Å². The molecule has 1 aliphatic rings. The Morgan fingerprint density at radius 1 is 1.07 bits per heavy atom. The number of rotatable bonds is 8. The van der Waals surface area contributed by atoms with Gasteiger partial charge in [0.25, 0.3) is 11.8 Å². The number of nitrogens with one attached hydrogen (secondary N) is 1. The molecule has 1 fully saturated rings. The first kappa shape index (κ1) is 20.2. The fourth-order valence-electron chi connectivity index (χ4n) is 2.96. The number of piperazine rings is 1. The molecule has 8 heteroatoms. The maximum absolute atomic E-state index is 12.3. The Hall–Kier alpha value is -2.58. The fourth-order valence-corrected chi connectivity index (χ4v) is 3.65. The summed E-state index contributed by atoms with van der Waals surface area (Å²) in [6, 6.07) is 10.9. The lowest BCUT2D eigenvalue weighted by atomic mass is 10.3. The van der Waals surface area contributed by atoms with Crippen molar-refractivity contribution in [1.29, 1.82) is 0 Å². The van der Waals surface area contributed by atoms with Crippen molar-refractivity contribution in [1.82, 2.24) is 15.1 Å². The van der Waals surface area contributed by atoms with Crippen LogP contribution in [0.5, 0.6) is 11.5 Å². The van der Waals surface area contributed by atoms with Gasteiger partial charge in [-0.15, -0.1) is 11.3 Å². The number of benzene rings is 1. The molecule has 0 spiro atoms. The zero-order chi connectivity index (χ0) is 19.8. The summed E-state index contributed by atoms with van der Waals surface area (Å²) in [4.78, 5) is 29.2. The van der Waals surface area contributed by atoms with Crippen LogP contribution in [0, 0.1) is 0 Å². The van der Waals surface area contributed by atoms with Gasteiger partial charge in [0, 0.05) is 39.3 Å². The molecule has 2 heterocycles. The van der Waals surface area contributed by atoms with Gasteiger partial charge in [0.05, 0.1) is 12.0 Å². The summed E-state index contributed by atoms with van der Waals surface area (Å²) in [5.41, 5.74) is 0. The van der Waals surface area contributed by atoms with Gasteiger partial charge in [0.15, 0.2) is 6.61 Å². The normalized spacial score (nSPS) is 14.5. The summed E-state index contributed by atoms with van der Waals surface area (Å²) in [6.45, 7) is 4.36. The van der Waals surface area contributed by atoms with Crippen LogP contribution in [0.3, 0.4) is 0 Å². The average molecular weight is 404 g/mol. The van der Waals surface area contributed by atoms with E-state index in [2.05, 4.69) is 10.2 Å². The van der Waals surface area contributed by atoms with E-state index in [1.54, 1.807) is 31.4 Å². The summed E-state index contributed by atoms with van der Waals surface area (Å²) in [5.74, 6) is 1.33. The van der Waals surface area contributed by atoms with Crippen molar-refractivity contribution in [3.05, 3.63) is 46.7 Å². The third-order valence-corrected chi connectivity index (χ3v) is 5.43. The van der Waals surface area contributed by atoms with E-state index in [-0.39, 0.29) is 18.4 Å². The maximum atomic E-state index is 12.3. The number of hydrogen-bond acceptors (Lipinski definition) is 6. The highest BCUT2D eigenvalue weighted by Gasteiger charge is 2.22. The van der Waals surface area contributed by atoms with Crippen molar-refractivity contribution in [2.45, 2.75) is 0 Å². The number of amides is 2. The molecule has 1 saturated heterocycles. The SMILES string of the molecule is COc1ccc(OCC(=O)NCCN2CCN(C(=O)c3cccs3)CC2)cc1. The minimum atomic E-state index is -0.151. The molecule has 1 aromatic carbocycles. The molecule has 0 saturated carbocycles. The van der Waals surface area contributed by atoms with Gasteiger partial charge in [-0.05, 0) is 35.7 Å². The van der Waals surface area contributed by atoms with Gasteiger partial charge in [-0.1, -0.05) is 6.07 Å². The summed E-state index contributed by atoms with van der Waals surface area (Å²) >= 11 is 1.48. The number of carbonyl (C=O) groups excluding carboxylic acids is 2. The number of hydrogen-bond donors (Lipinski definition) is 1. The Kier molecular flexibility index (Phi) is 7.27. The van der Waals surface area contributed by atoms with Crippen molar-refractivity contribution in [3.8, 4) is 11.5 Å². The van der Waals surface area contributed by atoms with E-state index in [0.717, 1.165) is 30.3 Å². The topological polar surface area (TPSA) is 71.1 Å². The third-order valence-electron chi connectivity index (χ3n) is 4.57. The van der Waals surface area contributed by atoms with Crippen LogP contribution in [0.1, 0.15) is 9.67 Å². The lowest BCUT2D eigenvalue weighted by molar-refractivity contribution is -0.123. The van der Waals surface area contributed by atoms with Crippen LogP contribution in [0.2, 0.25) is 0 Å². The van der Waals surface area contributed by atoms with Crippen LogP contribution in [0.15, 0.2) is 41.8 Å². The minimum absolute atomic E-state index is 0.0184. The van der Waals surface area contributed by atoms with Crippen molar-refractivity contribution in [3.63, 3.8) is 0 Å². The Morgan fingerprint density at radius 3 is 2.43 bits per heavy atom. The van der Waals surface area contributed by atoms with Crippen LogP contribution in [-0.2, 0) is 4.79 Å². The molecule has 0 unspecified atom stereocenters. The van der Waals surface area contributed by atoms with Crippen LogP contribution >= 0.6 is 11.3 Å². The predicted octanol–water partition coefficient (Wildman–Crippen LogP) is 1.71. The fraction of sp³-hybridized carbons (Fsp3) is 0.400. The molecule has 2 amide bonds. The molecule has 0 radical (unpaired) electrons. The summed E-state index contributed by atoms with van der Waals surface area (Å²) in [5, 5.41) is 4.79. The summed E-state index contributed by atoms with van der Waals surface area (Å²) < 4.78 is 10.5. The molecule has 150 valence electrons. The highest BCUT2D eigenvalue weighted by atomic mass is 32.1. The Balaban J connectivity index is 1.30. The van der Waals surface area contributed by atoms with Gasteiger partial charge in [-0.3, -0.25) is 14.5 Å². The smallest absolute Gasteiger partial charge is 0.264 e. The van der Waals surface area contributed by atoms with Crippen LogP contribution < -0.4 is 14.8 Å². The molecule has 1 aliphatic heterocycles. The second-order valence-electron chi connectivity index (χ2n) is 6.43. The van der Waals surface area contributed by atoms with Gasteiger partial charge in [-0.2, -0.15) is 0 Å². The number of methoxy groups -OCH3 is 1. The van der Waals surface area contributed by atoms with Crippen molar-refractivity contribution in [2.24, 2.45) is 0 Å². The first-order valence-corrected chi connectivity index (χ1v) is 10.1. The first-order valence-electron chi connectivity index (χ1n) is 9.24. The first-order chi connectivity index (χ1) is 13.7. The van der Waals surface area contributed by atoms with Gasteiger partial charge >= 0.3 is 0 Å². The number of nitrogens with zero attached hydrogens (tertiary/aromatic N) is 2. The summed E-state index contributed by atoms with van der Waals surface area (Å²) in [6.07, 6.45) is 0. The zero-order valence-electron chi connectivity index (χ0n) is 15.9. The van der Waals surface area contributed by atoms with E-state index in [9.17, 15) is 9.59 Å². The van der Waals surface area contributed by atoms with E-state index in [4.69, 9.17) is 9.47 Å². The van der Waals surface area contributed by atoms with E-state index in [0.29, 0.717) is 25.4 Å². The highest BCUT2D eigenvalue weighted by Crippen LogP contribution is 2.17. The predicted molar refractivity (Wildman–Crippen MR) is 108 cm³/mol. The molecule has 2 aromatic rings. The van der Waals surface area contributed by atoms with Gasteiger partial charge < -0.3 is 19.7 Å². The Labute approximate surface area is 168 Å². The number of carbonyl (C=O) groups is 2. The van der Waals surface area contributed by atoms with E-state index < -0.39 is 0 Å². The van der Waals surface area contributed by atoms with E-state index >= 15 is 0 Å². The maximum Gasteiger partial charge on any atom is 0.264 e. The Morgan fingerprint density at radius 2 is 1.79 bits per heavy atom. The molecule has 1 aromatic heterocycles. The third kappa shape index (κ3) is 5.71. The second-order valence-corrected chi connectivity index (χ2v) is 7.37. The van der Waals surface area contributed by atoms with E-state index in [1.165, 1.54) is 11.3 Å². The van der Waals surface area contributed by atoms with Crippen LogP contribution in [0.4, 0.5) is 0 Å². The quantitative estimate of drug-likeness (QED) is 0.727. The largest absolute Gasteiger partial charge is 0.497 e. The van der Waals surface area contributed by atoms with Crippen molar-refractivity contribution < 1.29 is 19.1 Å². The second kappa shape index (κ2) is 10.1. The monoisotopic (exact) mass is 403 g/mol. The summed E-state index contributed by atoms with van der Waals surface area (Å²) in [7, 11) is 1.60. The Bertz CT molecular complexity index is 756. The molecule has 3 rings (SSSR count). The van der Waals surface area contributed by atoms with Crippen molar-refractivity contribution in [2.75, 3.05) is 53.0 Å². The van der Waals surface area contributed by atoms with Crippen molar-refractivity contribution >= 4 is 23.2 Å². The average Bonchev–Trinajstić information content (AvgIpc) is 3.27. The number of thiophene rings is 1. The minimum Gasteiger partial charge on any atom is -0.497 e. The highest BCUT2D eigenvalue weighted by molar-refractivity contribution is 7.12. The molecule has 1 N–H and O–H groups in total. The van der Waals surface area contributed by atoms with Crippen LogP contribution in [0.25, 0.3) is 0 Å². The molecule has 0 aliphatic carbocycles. The molecule has 7 nitrogen and oxygen atoms in total. The molecule has 0 atom stereocenters. The van der Waals surface area contributed by atoms with Gasteiger partial charge in [-0.25, -0.2) is 0 Å². The molecular weight excluding hydrogens is 378 g/mol. The number of ether oxygens (including phenoxy) is 2. The standard InChI is InChI=1S/C20H25N3O4S/c1-26-16-4-6-17(7-5-16)27-15-19(24)21-8-9-22-10-12-23(13-11-22)20(25)18-3-2-14-28-18/h2-7,14H,8-13,15H2,1H3,(H,21,24). The molecule has 28 heavy (non-hydrogen) atoms. The zero-order valence-corrected chi connectivity index (χ0v) is 16.7. The molecule has 0 bridgehead atoms. The van der Waals surface area contributed by atoms with E-state index in [1.807, 2.05) is 22.4 Å². The lowest BCUT2D eigenvalue weighted by Gasteiger charge is -2.34.